The van der Waals surface area contributed by atoms with Crippen molar-refractivity contribution in [3.05, 3.63) is 77.5 Å². The van der Waals surface area contributed by atoms with Crippen LogP contribution in [-0.2, 0) is 23.2 Å². The summed E-state index contributed by atoms with van der Waals surface area (Å²) in [5.41, 5.74) is 5.74. The van der Waals surface area contributed by atoms with Crippen LogP contribution in [0.1, 0.15) is 42.4 Å². The van der Waals surface area contributed by atoms with Crippen molar-refractivity contribution >= 4 is 11.7 Å². The normalized spacial score (nSPS) is 18.7. The molecule has 0 spiro atoms. The molecule has 1 aromatic heterocycles. The Kier molecular flexibility index (Phi) is 6.57. The molecule has 4 rings (SSSR count). The first-order valence-electron chi connectivity index (χ1n) is 11.2. The van der Waals surface area contributed by atoms with Crippen molar-refractivity contribution in [3.8, 4) is 11.1 Å². The monoisotopic (exact) mass is 416 g/mol. The van der Waals surface area contributed by atoms with Gasteiger partial charge in [-0.25, -0.2) is 0 Å². The van der Waals surface area contributed by atoms with Gasteiger partial charge in [0.2, 0.25) is 5.91 Å². The molecule has 0 radical (unpaired) electrons. The average Bonchev–Trinajstić information content (AvgIpc) is 3.06. The highest BCUT2D eigenvalue weighted by molar-refractivity contribution is 5.97. The standard InChI is InChI=1S/C27H32N2O2/c1-19-13-15-22(16-14-19)25-20(2)17-29(3)26(25)28-27(30)23-11-7-8-12-24(23)31-18-21-9-5-4-6-10-21/h4-6,9-10,13-17,23-24H,7-8,11-12,18H2,1-3H3,(H,28,30). The van der Waals surface area contributed by atoms with E-state index in [1.807, 2.05) is 29.8 Å². The molecule has 4 nitrogen and oxygen atoms in total. The Hall–Kier alpha value is -2.85. The van der Waals surface area contributed by atoms with Crippen LogP contribution in [-0.4, -0.2) is 16.6 Å². The van der Waals surface area contributed by atoms with Crippen molar-refractivity contribution in [1.29, 1.82) is 0 Å². The molecule has 2 unspecified atom stereocenters. The van der Waals surface area contributed by atoms with Gasteiger partial charge in [-0.1, -0.05) is 73.0 Å². The Morgan fingerprint density at radius 1 is 1.03 bits per heavy atom. The largest absolute Gasteiger partial charge is 0.373 e. The molecule has 1 aliphatic carbocycles. The molecule has 1 fully saturated rings. The van der Waals surface area contributed by atoms with Gasteiger partial charge in [-0.05, 0) is 43.4 Å². The average molecular weight is 417 g/mol. The maximum Gasteiger partial charge on any atom is 0.231 e. The van der Waals surface area contributed by atoms with Gasteiger partial charge in [0.25, 0.3) is 0 Å². The molecule has 4 heteroatoms. The maximum atomic E-state index is 13.4. The SMILES string of the molecule is Cc1ccc(-c2c(C)cn(C)c2NC(=O)C2CCCCC2OCc2ccccc2)cc1. The summed E-state index contributed by atoms with van der Waals surface area (Å²) >= 11 is 0. The smallest absolute Gasteiger partial charge is 0.231 e. The lowest BCUT2D eigenvalue weighted by atomic mass is 9.85. The number of carbonyl (C=O) groups is 1. The lowest BCUT2D eigenvalue weighted by Crippen LogP contribution is -2.37. The molecule has 3 aromatic rings. The molecule has 0 saturated heterocycles. The molecule has 0 bridgehead atoms. The Balaban J connectivity index is 1.52. The summed E-state index contributed by atoms with van der Waals surface area (Å²) in [4.78, 5) is 13.4. The van der Waals surface area contributed by atoms with Crippen LogP contribution in [0.3, 0.4) is 0 Å². The molecule has 1 aliphatic rings. The molecule has 31 heavy (non-hydrogen) atoms. The van der Waals surface area contributed by atoms with E-state index < -0.39 is 0 Å². The molecule has 1 amide bonds. The minimum absolute atomic E-state index is 0.0434. The van der Waals surface area contributed by atoms with Crippen LogP contribution in [0.25, 0.3) is 11.1 Å². The van der Waals surface area contributed by atoms with Crippen LogP contribution in [0, 0.1) is 19.8 Å². The van der Waals surface area contributed by atoms with E-state index in [0.29, 0.717) is 6.61 Å². The lowest BCUT2D eigenvalue weighted by Gasteiger charge is -2.30. The number of benzene rings is 2. The zero-order valence-electron chi connectivity index (χ0n) is 18.7. The number of carbonyl (C=O) groups excluding carboxylic acids is 1. The fourth-order valence-corrected chi connectivity index (χ4v) is 4.60. The zero-order chi connectivity index (χ0) is 21.8. The minimum atomic E-state index is -0.126. The van der Waals surface area contributed by atoms with Crippen molar-refractivity contribution < 1.29 is 9.53 Å². The van der Waals surface area contributed by atoms with Gasteiger partial charge in [0.15, 0.2) is 0 Å². The Labute approximate surface area is 185 Å². The molecule has 2 aromatic carbocycles. The van der Waals surface area contributed by atoms with E-state index in [2.05, 4.69) is 61.8 Å². The summed E-state index contributed by atoms with van der Waals surface area (Å²) < 4.78 is 8.26. The van der Waals surface area contributed by atoms with E-state index in [1.165, 1.54) is 5.56 Å². The van der Waals surface area contributed by atoms with Crippen LogP contribution in [0.2, 0.25) is 0 Å². The summed E-state index contributed by atoms with van der Waals surface area (Å²) in [6.07, 6.45) is 6.02. The summed E-state index contributed by atoms with van der Waals surface area (Å²) in [5, 5.41) is 3.25. The first-order chi connectivity index (χ1) is 15.0. The third-order valence-corrected chi connectivity index (χ3v) is 6.30. The van der Waals surface area contributed by atoms with Crippen molar-refractivity contribution in [2.45, 2.75) is 52.2 Å². The molecule has 162 valence electrons. The number of nitrogens with one attached hydrogen (secondary N) is 1. The van der Waals surface area contributed by atoms with Gasteiger partial charge in [0.1, 0.15) is 5.82 Å². The molecule has 1 saturated carbocycles. The number of hydrogen-bond donors (Lipinski definition) is 1. The number of ether oxygens (including phenoxy) is 1. The lowest BCUT2D eigenvalue weighted by molar-refractivity contribution is -0.128. The van der Waals surface area contributed by atoms with Gasteiger partial charge in [0, 0.05) is 18.8 Å². The van der Waals surface area contributed by atoms with Gasteiger partial charge in [-0.15, -0.1) is 0 Å². The predicted molar refractivity (Wildman–Crippen MR) is 126 cm³/mol. The second-order valence-electron chi connectivity index (χ2n) is 8.73. The maximum absolute atomic E-state index is 13.4. The van der Waals surface area contributed by atoms with Gasteiger partial charge in [-0.3, -0.25) is 4.79 Å². The van der Waals surface area contributed by atoms with E-state index in [1.54, 1.807) is 0 Å². The Morgan fingerprint density at radius 2 is 1.74 bits per heavy atom. The van der Waals surface area contributed by atoms with Gasteiger partial charge < -0.3 is 14.6 Å². The van der Waals surface area contributed by atoms with E-state index in [0.717, 1.165) is 53.8 Å². The topological polar surface area (TPSA) is 43.3 Å². The van der Waals surface area contributed by atoms with Crippen LogP contribution in [0.15, 0.2) is 60.8 Å². The molecular weight excluding hydrogens is 384 g/mol. The minimum Gasteiger partial charge on any atom is -0.373 e. The van der Waals surface area contributed by atoms with Crippen LogP contribution in [0.5, 0.6) is 0 Å². The van der Waals surface area contributed by atoms with E-state index in [-0.39, 0.29) is 17.9 Å². The Bertz CT molecular complexity index is 1020. The Morgan fingerprint density at radius 3 is 2.48 bits per heavy atom. The highest BCUT2D eigenvalue weighted by atomic mass is 16.5. The molecule has 1 N–H and O–H groups in total. The molecule has 1 heterocycles. The van der Waals surface area contributed by atoms with Gasteiger partial charge in [-0.2, -0.15) is 0 Å². The number of nitrogens with zero attached hydrogens (tertiary/aromatic N) is 1. The second-order valence-corrected chi connectivity index (χ2v) is 8.73. The quantitative estimate of drug-likeness (QED) is 0.534. The summed E-state index contributed by atoms with van der Waals surface area (Å²) in [6, 6.07) is 18.7. The van der Waals surface area contributed by atoms with Crippen molar-refractivity contribution in [1.82, 2.24) is 4.57 Å². The van der Waals surface area contributed by atoms with E-state index in [9.17, 15) is 4.79 Å². The number of aryl methyl sites for hydroxylation is 3. The second kappa shape index (κ2) is 9.52. The summed E-state index contributed by atoms with van der Waals surface area (Å²) in [5.74, 6) is 0.796. The number of aromatic nitrogens is 1. The number of rotatable bonds is 6. The van der Waals surface area contributed by atoms with E-state index in [4.69, 9.17) is 4.74 Å². The fraction of sp³-hybridized carbons (Fsp3) is 0.370. The molecular formula is C27H32N2O2. The van der Waals surface area contributed by atoms with Crippen LogP contribution in [0.4, 0.5) is 5.82 Å². The number of anilines is 1. The zero-order valence-corrected chi connectivity index (χ0v) is 18.7. The third-order valence-electron chi connectivity index (χ3n) is 6.30. The number of hydrogen-bond acceptors (Lipinski definition) is 2. The predicted octanol–water partition coefficient (Wildman–Crippen LogP) is 6.02. The number of amides is 1. The fourth-order valence-electron chi connectivity index (χ4n) is 4.60. The van der Waals surface area contributed by atoms with Crippen molar-refractivity contribution in [2.75, 3.05) is 5.32 Å². The van der Waals surface area contributed by atoms with Gasteiger partial charge in [0.05, 0.1) is 18.6 Å². The molecule has 0 aliphatic heterocycles. The highest BCUT2D eigenvalue weighted by Crippen LogP contribution is 2.35. The summed E-state index contributed by atoms with van der Waals surface area (Å²) in [7, 11) is 1.99. The van der Waals surface area contributed by atoms with Crippen molar-refractivity contribution in [2.24, 2.45) is 13.0 Å². The first-order valence-corrected chi connectivity index (χ1v) is 11.2. The summed E-state index contributed by atoms with van der Waals surface area (Å²) in [6.45, 7) is 4.73. The van der Waals surface area contributed by atoms with Crippen LogP contribution >= 0.6 is 0 Å². The van der Waals surface area contributed by atoms with Gasteiger partial charge >= 0.3 is 0 Å². The van der Waals surface area contributed by atoms with Crippen molar-refractivity contribution in [3.63, 3.8) is 0 Å². The third kappa shape index (κ3) is 4.91. The highest BCUT2D eigenvalue weighted by Gasteiger charge is 2.32. The first kappa shape index (κ1) is 21.4. The van der Waals surface area contributed by atoms with Crippen LogP contribution < -0.4 is 5.32 Å². The molecule has 2 atom stereocenters. The van der Waals surface area contributed by atoms with E-state index >= 15 is 0 Å².